The van der Waals surface area contributed by atoms with Gasteiger partial charge in [0.25, 0.3) is 0 Å². The smallest absolute Gasteiger partial charge is 0.315 e. The first-order chi connectivity index (χ1) is 12.4. The molecule has 1 aliphatic heterocycles. The molecular weight excluding hydrogens is 334 g/mol. The molecule has 3 amide bonds. The van der Waals surface area contributed by atoms with Crippen molar-refractivity contribution < 1.29 is 19.5 Å². The van der Waals surface area contributed by atoms with Gasteiger partial charge in [0, 0.05) is 25.0 Å². The first kappa shape index (κ1) is 19.8. The van der Waals surface area contributed by atoms with Gasteiger partial charge in [-0.15, -0.1) is 0 Å². The normalized spacial score (nSPS) is 18.0. The first-order valence-corrected chi connectivity index (χ1v) is 9.00. The third-order valence-corrected chi connectivity index (χ3v) is 4.54. The molecule has 0 spiro atoms. The van der Waals surface area contributed by atoms with Crippen molar-refractivity contribution in [2.75, 3.05) is 6.54 Å². The van der Waals surface area contributed by atoms with Crippen LogP contribution >= 0.6 is 0 Å². The van der Waals surface area contributed by atoms with Crippen LogP contribution in [0.15, 0.2) is 30.3 Å². The molecule has 1 aliphatic rings. The lowest BCUT2D eigenvalue weighted by Gasteiger charge is -2.22. The van der Waals surface area contributed by atoms with Gasteiger partial charge in [0.2, 0.25) is 5.91 Å². The Morgan fingerprint density at radius 3 is 2.54 bits per heavy atom. The van der Waals surface area contributed by atoms with Gasteiger partial charge in [-0.3, -0.25) is 9.59 Å². The zero-order valence-corrected chi connectivity index (χ0v) is 15.3. The Balaban J connectivity index is 1.92. The molecule has 2 atom stereocenters. The molecule has 2 unspecified atom stereocenters. The van der Waals surface area contributed by atoms with Crippen LogP contribution in [-0.4, -0.2) is 52.6 Å². The van der Waals surface area contributed by atoms with Gasteiger partial charge in [0.15, 0.2) is 0 Å². The van der Waals surface area contributed by atoms with Crippen LogP contribution in [0.2, 0.25) is 0 Å². The molecule has 0 aromatic heterocycles. The van der Waals surface area contributed by atoms with Crippen LogP contribution in [0.5, 0.6) is 0 Å². The molecule has 26 heavy (non-hydrogen) atoms. The maximum Gasteiger partial charge on any atom is 0.315 e. The monoisotopic (exact) mass is 361 g/mol. The number of benzene rings is 1. The minimum absolute atomic E-state index is 0.0265. The summed E-state index contributed by atoms with van der Waals surface area (Å²) in [6, 6.07) is 8.44. The van der Waals surface area contributed by atoms with Crippen LogP contribution in [0.4, 0.5) is 4.79 Å². The lowest BCUT2D eigenvalue weighted by Crippen LogP contribution is -2.50. The van der Waals surface area contributed by atoms with Crippen LogP contribution in [0.1, 0.15) is 38.7 Å². The molecule has 1 heterocycles. The van der Waals surface area contributed by atoms with Crippen molar-refractivity contribution in [2.45, 2.75) is 57.7 Å². The summed E-state index contributed by atoms with van der Waals surface area (Å²) >= 11 is 0. The molecule has 0 saturated carbocycles. The van der Waals surface area contributed by atoms with Crippen LogP contribution in [0, 0.1) is 0 Å². The molecule has 142 valence electrons. The highest BCUT2D eigenvalue weighted by atomic mass is 16.4. The Morgan fingerprint density at radius 2 is 1.96 bits per heavy atom. The van der Waals surface area contributed by atoms with E-state index in [-0.39, 0.29) is 24.4 Å². The van der Waals surface area contributed by atoms with Crippen LogP contribution in [-0.2, 0) is 16.0 Å². The van der Waals surface area contributed by atoms with Gasteiger partial charge in [-0.05, 0) is 38.7 Å². The molecule has 1 aromatic carbocycles. The number of amides is 3. The standard InChI is InChI=1S/C19H27N3O4/c1-13(2)22-11-10-16(18(22)25)21-19(26)20-15(8-9-17(23)24)12-14-6-4-3-5-7-14/h3-7,13,15-16H,8-12H2,1-2H3,(H,23,24)(H2,20,21,26). The van der Waals surface area contributed by atoms with E-state index in [1.165, 1.54) is 0 Å². The summed E-state index contributed by atoms with van der Waals surface area (Å²) in [5.74, 6) is -0.968. The van der Waals surface area contributed by atoms with E-state index in [1.54, 1.807) is 4.90 Å². The molecule has 3 N–H and O–H groups in total. The summed E-state index contributed by atoms with van der Waals surface area (Å²) in [5, 5.41) is 14.5. The van der Waals surface area contributed by atoms with E-state index in [1.807, 2.05) is 44.2 Å². The zero-order valence-electron chi connectivity index (χ0n) is 15.3. The maximum absolute atomic E-state index is 12.3. The van der Waals surface area contributed by atoms with Gasteiger partial charge in [0.05, 0.1) is 0 Å². The minimum atomic E-state index is -0.899. The average Bonchev–Trinajstić information content (AvgIpc) is 2.94. The second kappa shape index (κ2) is 9.22. The summed E-state index contributed by atoms with van der Waals surface area (Å²) in [6.45, 7) is 4.53. The molecule has 1 saturated heterocycles. The van der Waals surface area contributed by atoms with E-state index in [0.717, 1.165) is 5.56 Å². The second-order valence-electron chi connectivity index (χ2n) is 6.90. The SMILES string of the molecule is CC(C)N1CCC(NC(=O)NC(CCC(=O)O)Cc2ccccc2)C1=O. The molecule has 1 fully saturated rings. The van der Waals surface area contributed by atoms with Gasteiger partial charge < -0.3 is 20.6 Å². The number of nitrogens with one attached hydrogen (secondary N) is 2. The largest absolute Gasteiger partial charge is 0.481 e. The molecular formula is C19H27N3O4. The van der Waals surface area contributed by atoms with Crippen molar-refractivity contribution in [3.05, 3.63) is 35.9 Å². The summed E-state index contributed by atoms with van der Waals surface area (Å²) in [7, 11) is 0. The number of carbonyl (C=O) groups excluding carboxylic acids is 2. The number of carbonyl (C=O) groups is 3. The lowest BCUT2D eigenvalue weighted by molar-refractivity contribution is -0.137. The topological polar surface area (TPSA) is 98.7 Å². The highest BCUT2D eigenvalue weighted by molar-refractivity contribution is 5.88. The Bertz CT molecular complexity index is 633. The highest BCUT2D eigenvalue weighted by Crippen LogP contribution is 2.14. The fraction of sp³-hybridized carbons (Fsp3) is 0.526. The van der Waals surface area contributed by atoms with E-state index in [9.17, 15) is 14.4 Å². The average molecular weight is 361 g/mol. The number of aliphatic carboxylic acids is 1. The number of carboxylic acid groups (broad SMARTS) is 1. The molecule has 1 aromatic rings. The van der Waals surface area contributed by atoms with Gasteiger partial charge >= 0.3 is 12.0 Å². The highest BCUT2D eigenvalue weighted by Gasteiger charge is 2.34. The fourth-order valence-corrected chi connectivity index (χ4v) is 3.16. The number of hydrogen-bond donors (Lipinski definition) is 3. The minimum Gasteiger partial charge on any atom is -0.481 e. The zero-order chi connectivity index (χ0) is 19.1. The molecule has 7 heteroatoms. The summed E-state index contributed by atoms with van der Waals surface area (Å²) in [6.07, 6.45) is 1.43. The molecule has 2 rings (SSSR count). The van der Waals surface area contributed by atoms with Crippen molar-refractivity contribution in [1.29, 1.82) is 0 Å². The van der Waals surface area contributed by atoms with E-state index in [0.29, 0.717) is 25.8 Å². The maximum atomic E-state index is 12.3. The summed E-state index contributed by atoms with van der Waals surface area (Å²) < 4.78 is 0. The number of urea groups is 1. The van der Waals surface area contributed by atoms with Crippen molar-refractivity contribution in [3.8, 4) is 0 Å². The number of nitrogens with zero attached hydrogens (tertiary/aromatic N) is 1. The molecule has 0 radical (unpaired) electrons. The van der Waals surface area contributed by atoms with Gasteiger partial charge in [0.1, 0.15) is 6.04 Å². The number of rotatable bonds is 8. The van der Waals surface area contributed by atoms with Crippen molar-refractivity contribution >= 4 is 17.9 Å². The quantitative estimate of drug-likeness (QED) is 0.657. The number of carboxylic acids is 1. The Labute approximate surface area is 153 Å². The van der Waals surface area contributed by atoms with E-state index in [4.69, 9.17) is 5.11 Å². The van der Waals surface area contributed by atoms with Crippen LogP contribution < -0.4 is 10.6 Å². The van der Waals surface area contributed by atoms with Crippen molar-refractivity contribution in [3.63, 3.8) is 0 Å². The fourth-order valence-electron chi connectivity index (χ4n) is 3.16. The Morgan fingerprint density at radius 1 is 1.27 bits per heavy atom. The van der Waals surface area contributed by atoms with Crippen molar-refractivity contribution in [1.82, 2.24) is 15.5 Å². The summed E-state index contributed by atoms with van der Waals surface area (Å²) in [5.41, 5.74) is 1.02. The van der Waals surface area contributed by atoms with Crippen LogP contribution in [0.25, 0.3) is 0 Å². The second-order valence-corrected chi connectivity index (χ2v) is 6.90. The predicted octanol–water partition coefficient (Wildman–Crippen LogP) is 1.77. The van der Waals surface area contributed by atoms with Crippen LogP contribution in [0.3, 0.4) is 0 Å². The third kappa shape index (κ3) is 5.75. The van der Waals surface area contributed by atoms with Gasteiger partial charge in [-0.2, -0.15) is 0 Å². The van der Waals surface area contributed by atoms with E-state index in [2.05, 4.69) is 10.6 Å². The number of hydrogen-bond acceptors (Lipinski definition) is 3. The Hall–Kier alpha value is -2.57. The molecule has 0 aliphatic carbocycles. The van der Waals surface area contributed by atoms with Crippen molar-refractivity contribution in [2.24, 2.45) is 0 Å². The predicted molar refractivity (Wildman–Crippen MR) is 97.7 cm³/mol. The molecule has 7 nitrogen and oxygen atoms in total. The van der Waals surface area contributed by atoms with Gasteiger partial charge in [-0.25, -0.2) is 4.79 Å². The summed E-state index contributed by atoms with van der Waals surface area (Å²) in [4.78, 5) is 37.2. The lowest BCUT2D eigenvalue weighted by atomic mass is 10.0. The van der Waals surface area contributed by atoms with E-state index >= 15 is 0 Å². The van der Waals surface area contributed by atoms with Gasteiger partial charge in [-0.1, -0.05) is 30.3 Å². The third-order valence-electron chi connectivity index (χ3n) is 4.54. The number of likely N-dealkylation sites (tertiary alicyclic amines) is 1. The van der Waals surface area contributed by atoms with E-state index < -0.39 is 18.0 Å². The first-order valence-electron chi connectivity index (χ1n) is 9.00. The Kier molecular flexibility index (Phi) is 7.00. The molecule has 0 bridgehead atoms.